The minimum atomic E-state index is 0.615. The summed E-state index contributed by atoms with van der Waals surface area (Å²) >= 11 is 0. The number of rotatable bonds is 15. The molecule has 0 bridgehead atoms. The Morgan fingerprint density at radius 1 is 0.625 bits per heavy atom. The van der Waals surface area contributed by atoms with Gasteiger partial charge in [0.05, 0.1) is 0 Å². The molecule has 0 aliphatic heterocycles. The molecule has 0 spiro atoms. The molecule has 0 radical (unpaired) electrons. The Kier molecular flexibility index (Phi) is 13.8. The number of benzene rings is 2. The van der Waals surface area contributed by atoms with Crippen molar-refractivity contribution in [2.45, 2.75) is 90.9 Å². The van der Waals surface area contributed by atoms with Gasteiger partial charge in [-0.05, 0) is 61.2 Å². The molecule has 0 fully saturated rings. The smallest absolute Gasteiger partial charge is 0.119 e. The van der Waals surface area contributed by atoms with Crippen LogP contribution in [-0.2, 0) is 6.42 Å². The van der Waals surface area contributed by atoms with Gasteiger partial charge in [-0.1, -0.05) is 108 Å². The number of aryl methyl sites for hydroxylation is 1. The van der Waals surface area contributed by atoms with E-state index in [1.54, 1.807) is 0 Å². The van der Waals surface area contributed by atoms with Crippen molar-refractivity contribution in [3.8, 4) is 17.6 Å². The Bertz CT molecular complexity index is 802. The highest BCUT2D eigenvalue weighted by Crippen LogP contribution is 2.14. The van der Waals surface area contributed by atoms with Crippen LogP contribution in [0.4, 0.5) is 0 Å². The standard InChI is InChI=1S/C31H42O/c1-3-5-7-8-9-10-11-12-13-14-16-28-17-19-29(20-18-28)21-22-30-23-25-31(26-24-30)32-27-15-6-4-2/h6,15,17-20,23-26H,3-5,7-14,16,27H2,1-2H3. The maximum atomic E-state index is 5.68. The topological polar surface area (TPSA) is 9.23 Å². The van der Waals surface area contributed by atoms with Crippen molar-refractivity contribution in [2.75, 3.05) is 6.61 Å². The summed E-state index contributed by atoms with van der Waals surface area (Å²) in [7, 11) is 0. The van der Waals surface area contributed by atoms with Crippen molar-refractivity contribution in [1.82, 2.24) is 0 Å². The van der Waals surface area contributed by atoms with Gasteiger partial charge < -0.3 is 4.74 Å². The molecule has 0 N–H and O–H groups in total. The zero-order chi connectivity index (χ0) is 22.7. The van der Waals surface area contributed by atoms with Gasteiger partial charge in [0.15, 0.2) is 0 Å². The fraction of sp³-hybridized carbons (Fsp3) is 0.484. The molecule has 2 aromatic rings. The summed E-state index contributed by atoms with van der Waals surface area (Å²) in [4.78, 5) is 0. The molecule has 0 atom stereocenters. The first-order chi connectivity index (χ1) is 15.8. The van der Waals surface area contributed by atoms with Crippen LogP contribution in [0.15, 0.2) is 60.7 Å². The number of ether oxygens (including phenoxy) is 1. The van der Waals surface area contributed by atoms with Crippen LogP contribution in [0, 0.1) is 11.8 Å². The second-order valence-electron chi connectivity index (χ2n) is 8.59. The van der Waals surface area contributed by atoms with Crippen molar-refractivity contribution in [2.24, 2.45) is 0 Å². The quantitative estimate of drug-likeness (QED) is 0.156. The molecule has 172 valence electrons. The van der Waals surface area contributed by atoms with E-state index in [9.17, 15) is 0 Å². The Morgan fingerprint density at radius 2 is 1.16 bits per heavy atom. The normalized spacial score (nSPS) is 10.8. The highest BCUT2D eigenvalue weighted by molar-refractivity contribution is 5.44. The Hall–Kier alpha value is -2.46. The van der Waals surface area contributed by atoms with Crippen LogP contribution >= 0.6 is 0 Å². The summed E-state index contributed by atoms with van der Waals surface area (Å²) in [5.74, 6) is 7.41. The molecule has 0 saturated carbocycles. The van der Waals surface area contributed by atoms with E-state index < -0.39 is 0 Å². The summed E-state index contributed by atoms with van der Waals surface area (Å²) in [6.45, 7) is 5.02. The van der Waals surface area contributed by atoms with Crippen LogP contribution in [0.3, 0.4) is 0 Å². The lowest BCUT2D eigenvalue weighted by molar-refractivity contribution is 0.362. The van der Waals surface area contributed by atoms with Crippen molar-refractivity contribution < 1.29 is 4.74 Å². The fourth-order valence-corrected chi connectivity index (χ4v) is 3.73. The van der Waals surface area contributed by atoms with Crippen LogP contribution in [-0.4, -0.2) is 6.61 Å². The fourth-order valence-electron chi connectivity index (χ4n) is 3.73. The first-order valence-corrected chi connectivity index (χ1v) is 12.8. The molecule has 0 aliphatic carbocycles. The lowest BCUT2D eigenvalue weighted by Crippen LogP contribution is -1.92. The van der Waals surface area contributed by atoms with Gasteiger partial charge in [0.25, 0.3) is 0 Å². The largest absolute Gasteiger partial charge is 0.490 e. The SMILES string of the molecule is CCC=CCOc1ccc(C#Cc2ccc(CCCCCCCCCCCC)cc2)cc1. The van der Waals surface area contributed by atoms with Crippen LogP contribution in [0.1, 0.15) is 101 Å². The first-order valence-electron chi connectivity index (χ1n) is 12.8. The van der Waals surface area contributed by atoms with Gasteiger partial charge in [0.1, 0.15) is 12.4 Å². The van der Waals surface area contributed by atoms with Gasteiger partial charge >= 0.3 is 0 Å². The van der Waals surface area contributed by atoms with Crippen LogP contribution in [0.25, 0.3) is 0 Å². The van der Waals surface area contributed by atoms with E-state index in [4.69, 9.17) is 4.74 Å². The van der Waals surface area contributed by atoms with Crippen LogP contribution in [0.2, 0.25) is 0 Å². The lowest BCUT2D eigenvalue weighted by atomic mass is 10.0. The van der Waals surface area contributed by atoms with E-state index in [1.807, 2.05) is 30.3 Å². The third kappa shape index (κ3) is 11.8. The monoisotopic (exact) mass is 430 g/mol. The van der Waals surface area contributed by atoms with Crippen molar-refractivity contribution in [1.29, 1.82) is 0 Å². The highest BCUT2D eigenvalue weighted by atomic mass is 16.5. The molecule has 0 unspecified atom stereocenters. The van der Waals surface area contributed by atoms with Crippen molar-refractivity contribution >= 4 is 0 Å². The maximum absolute atomic E-state index is 5.68. The summed E-state index contributed by atoms with van der Waals surface area (Å²) in [5, 5.41) is 0. The van der Waals surface area contributed by atoms with Gasteiger partial charge in [-0.3, -0.25) is 0 Å². The molecular weight excluding hydrogens is 388 g/mol. The van der Waals surface area contributed by atoms with Gasteiger partial charge in [0, 0.05) is 11.1 Å². The summed E-state index contributed by atoms with van der Waals surface area (Å²) in [6.07, 6.45) is 20.3. The lowest BCUT2D eigenvalue weighted by Gasteiger charge is -2.03. The average Bonchev–Trinajstić information content (AvgIpc) is 2.83. The highest BCUT2D eigenvalue weighted by Gasteiger charge is 1.96. The minimum absolute atomic E-state index is 0.615. The molecule has 1 heteroatoms. The molecular formula is C31H42O. The predicted molar refractivity (Wildman–Crippen MR) is 139 cm³/mol. The third-order valence-corrected chi connectivity index (χ3v) is 5.73. The van der Waals surface area contributed by atoms with Crippen molar-refractivity contribution in [3.05, 3.63) is 77.4 Å². The third-order valence-electron chi connectivity index (χ3n) is 5.73. The van der Waals surface area contributed by atoms with Gasteiger partial charge in [0.2, 0.25) is 0 Å². The van der Waals surface area contributed by atoms with E-state index >= 15 is 0 Å². The van der Waals surface area contributed by atoms with E-state index in [1.165, 1.54) is 76.2 Å². The molecule has 32 heavy (non-hydrogen) atoms. The number of unbranched alkanes of at least 4 members (excludes halogenated alkanes) is 9. The Labute approximate surface area is 197 Å². The Morgan fingerprint density at radius 3 is 1.72 bits per heavy atom. The average molecular weight is 431 g/mol. The predicted octanol–water partition coefficient (Wildman–Crippen LogP) is 8.89. The summed E-state index contributed by atoms with van der Waals surface area (Å²) < 4.78 is 5.68. The molecule has 2 aromatic carbocycles. The van der Waals surface area contributed by atoms with Crippen molar-refractivity contribution in [3.63, 3.8) is 0 Å². The van der Waals surface area contributed by atoms with E-state index in [0.717, 1.165) is 23.3 Å². The molecule has 2 rings (SSSR count). The van der Waals surface area contributed by atoms with E-state index in [0.29, 0.717) is 6.61 Å². The minimum Gasteiger partial charge on any atom is -0.490 e. The number of allylic oxidation sites excluding steroid dienone is 1. The Balaban J connectivity index is 1.64. The second-order valence-corrected chi connectivity index (χ2v) is 8.59. The zero-order valence-corrected chi connectivity index (χ0v) is 20.4. The van der Waals surface area contributed by atoms with Gasteiger partial charge in [-0.2, -0.15) is 0 Å². The van der Waals surface area contributed by atoms with Gasteiger partial charge in [-0.25, -0.2) is 0 Å². The molecule has 0 amide bonds. The molecule has 0 saturated heterocycles. The first kappa shape index (κ1) is 25.8. The second kappa shape index (κ2) is 17.1. The maximum Gasteiger partial charge on any atom is 0.119 e. The van der Waals surface area contributed by atoms with Crippen LogP contribution < -0.4 is 4.74 Å². The number of hydrogen-bond acceptors (Lipinski definition) is 1. The molecule has 0 aromatic heterocycles. The molecule has 0 heterocycles. The number of hydrogen-bond donors (Lipinski definition) is 0. The molecule has 0 aliphatic rings. The molecule has 1 nitrogen and oxygen atoms in total. The van der Waals surface area contributed by atoms with E-state index in [-0.39, 0.29) is 0 Å². The zero-order valence-electron chi connectivity index (χ0n) is 20.4. The van der Waals surface area contributed by atoms with E-state index in [2.05, 4.69) is 56.0 Å². The van der Waals surface area contributed by atoms with Crippen LogP contribution in [0.5, 0.6) is 5.75 Å². The summed E-state index contributed by atoms with van der Waals surface area (Å²) in [5.41, 5.74) is 3.51. The van der Waals surface area contributed by atoms with Gasteiger partial charge in [-0.15, -0.1) is 0 Å². The summed E-state index contributed by atoms with van der Waals surface area (Å²) in [6, 6.07) is 16.8.